The van der Waals surface area contributed by atoms with Crippen LogP contribution in [0.15, 0.2) is 36.4 Å². The van der Waals surface area contributed by atoms with Crippen LogP contribution in [0.5, 0.6) is 0 Å². The molecule has 26 heavy (non-hydrogen) atoms. The molecule has 1 fully saturated rings. The van der Waals surface area contributed by atoms with E-state index >= 15 is 0 Å². The highest BCUT2D eigenvalue weighted by Gasteiger charge is 2.24. The molecule has 0 atom stereocenters. The molecule has 0 aliphatic carbocycles. The largest absolute Gasteiger partial charge is 0.342 e. The lowest BCUT2D eigenvalue weighted by atomic mass is 10.0. The van der Waals surface area contributed by atoms with E-state index in [1.165, 1.54) is 5.56 Å². The van der Waals surface area contributed by atoms with Gasteiger partial charge in [-0.3, -0.25) is 9.59 Å². The Morgan fingerprint density at radius 1 is 0.962 bits per heavy atom. The third-order valence-electron chi connectivity index (χ3n) is 5.01. The van der Waals surface area contributed by atoms with E-state index < -0.39 is 0 Å². The van der Waals surface area contributed by atoms with Crippen molar-refractivity contribution >= 4 is 23.8 Å². The molecule has 0 bridgehead atoms. The Morgan fingerprint density at radius 3 is 2.50 bits per heavy atom. The number of aryl methyl sites for hydroxylation is 1. The predicted molar refractivity (Wildman–Crippen MR) is 97.3 cm³/mol. The number of hydrogen-bond donors (Lipinski definition) is 0. The molecule has 0 spiro atoms. The fourth-order valence-electron chi connectivity index (χ4n) is 3.55. The topological polar surface area (TPSA) is 69.6 Å². The van der Waals surface area contributed by atoms with E-state index in [2.05, 4.69) is 33.3 Å². The summed E-state index contributed by atoms with van der Waals surface area (Å²) in [5.41, 5.74) is 2.82. The zero-order valence-corrected chi connectivity index (χ0v) is 14.5. The van der Waals surface area contributed by atoms with Crippen LogP contribution in [0.4, 0.5) is 11.5 Å². The molecule has 134 valence electrons. The summed E-state index contributed by atoms with van der Waals surface area (Å²) < 4.78 is 0. The fourth-order valence-corrected chi connectivity index (χ4v) is 3.55. The van der Waals surface area contributed by atoms with Crippen molar-refractivity contribution in [3.63, 3.8) is 0 Å². The molecular formula is C19H21N5O2. The molecule has 2 aromatic rings. The molecule has 1 saturated heterocycles. The van der Waals surface area contributed by atoms with Crippen molar-refractivity contribution < 1.29 is 9.59 Å². The van der Waals surface area contributed by atoms with E-state index in [1.54, 1.807) is 15.9 Å². The molecule has 0 N–H and O–H groups in total. The molecule has 0 saturated carbocycles. The quantitative estimate of drug-likeness (QED) is 0.784. The van der Waals surface area contributed by atoms with Crippen molar-refractivity contribution in [3.05, 3.63) is 47.7 Å². The van der Waals surface area contributed by atoms with Gasteiger partial charge in [0, 0.05) is 38.4 Å². The van der Waals surface area contributed by atoms with E-state index in [9.17, 15) is 9.59 Å². The number of nitrogens with zero attached hydrogens (tertiary/aromatic N) is 5. The number of benzene rings is 1. The lowest BCUT2D eigenvalue weighted by Crippen LogP contribution is -2.48. The van der Waals surface area contributed by atoms with E-state index in [4.69, 9.17) is 0 Å². The predicted octanol–water partition coefficient (Wildman–Crippen LogP) is 1.48. The molecule has 2 amide bonds. The molecule has 3 heterocycles. The number of carbonyl (C=O) groups is 2. The number of rotatable bonds is 3. The first-order valence-corrected chi connectivity index (χ1v) is 8.94. The molecule has 2 aliphatic rings. The number of carbonyl (C=O) groups excluding carboxylic acids is 2. The third-order valence-corrected chi connectivity index (χ3v) is 5.01. The highest BCUT2D eigenvalue weighted by Crippen LogP contribution is 2.31. The van der Waals surface area contributed by atoms with Crippen LogP contribution in [-0.2, 0) is 11.2 Å². The first kappa shape index (κ1) is 16.5. The molecule has 0 unspecified atom stereocenters. The highest BCUT2D eigenvalue weighted by molar-refractivity contribution is 5.92. The minimum Gasteiger partial charge on any atom is -0.342 e. The Hall–Kier alpha value is -2.96. The number of hydrogen-bond acceptors (Lipinski definition) is 5. The van der Waals surface area contributed by atoms with E-state index in [-0.39, 0.29) is 5.91 Å². The van der Waals surface area contributed by atoms with Crippen molar-refractivity contribution in [2.45, 2.75) is 12.8 Å². The molecule has 4 rings (SSSR count). The summed E-state index contributed by atoms with van der Waals surface area (Å²) in [7, 11) is 0. The molecule has 7 nitrogen and oxygen atoms in total. The van der Waals surface area contributed by atoms with Gasteiger partial charge in [-0.05, 0) is 36.6 Å². The summed E-state index contributed by atoms with van der Waals surface area (Å²) in [6.45, 7) is 3.07. The number of para-hydroxylation sites is 1. The second kappa shape index (κ2) is 7.11. The number of anilines is 2. The summed E-state index contributed by atoms with van der Waals surface area (Å²) in [6.07, 6.45) is 2.97. The average molecular weight is 351 g/mol. The maximum atomic E-state index is 12.6. The Kier molecular flexibility index (Phi) is 4.51. The Morgan fingerprint density at radius 2 is 1.77 bits per heavy atom. The third kappa shape index (κ3) is 3.12. The van der Waals surface area contributed by atoms with Crippen LogP contribution in [0.3, 0.4) is 0 Å². The number of piperazine rings is 1. The van der Waals surface area contributed by atoms with Gasteiger partial charge in [-0.2, -0.15) is 0 Å². The van der Waals surface area contributed by atoms with Gasteiger partial charge in [-0.25, -0.2) is 0 Å². The Labute approximate surface area is 152 Å². The van der Waals surface area contributed by atoms with Gasteiger partial charge >= 0.3 is 0 Å². The second-order valence-corrected chi connectivity index (χ2v) is 6.59. The summed E-state index contributed by atoms with van der Waals surface area (Å²) in [5, 5.41) is 8.49. The van der Waals surface area contributed by atoms with E-state index in [0.717, 1.165) is 37.3 Å². The van der Waals surface area contributed by atoms with Crippen molar-refractivity contribution in [2.24, 2.45) is 0 Å². The minimum atomic E-state index is -0.131. The monoisotopic (exact) mass is 351 g/mol. The van der Waals surface area contributed by atoms with Gasteiger partial charge in [-0.15, -0.1) is 10.2 Å². The van der Waals surface area contributed by atoms with Crippen LogP contribution in [0.25, 0.3) is 0 Å². The molecule has 1 aromatic heterocycles. The van der Waals surface area contributed by atoms with Gasteiger partial charge in [0.15, 0.2) is 11.5 Å². The van der Waals surface area contributed by atoms with Crippen LogP contribution in [-0.4, -0.2) is 65.0 Å². The van der Waals surface area contributed by atoms with Crippen molar-refractivity contribution in [1.82, 2.24) is 20.0 Å². The smallest absolute Gasteiger partial charge is 0.274 e. The zero-order chi connectivity index (χ0) is 17.9. The van der Waals surface area contributed by atoms with Crippen molar-refractivity contribution in [1.29, 1.82) is 0 Å². The van der Waals surface area contributed by atoms with Gasteiger partial charge in [-0.1, -0.05) is 18.2 Å². The Balaban J connectivity index is 1.49. The van der Waals surface area contributed by atoms with Gasteiger partial charge in [0.2, 0.25) is 6.41 Å². The normalized spacial score (nSPS) is 17.0. The van der Waals surface area contributed by atoms with Crippen LogP contribution in [0.1, 0.15) is 22.5 Å². The molecule has 0 radical (unpaired) electrons. The van der Waals surface area contributed by atoms with Crippen molar-refractivity contribution in [2.75, 3.05) is 37.6 Å². The van der Waals surface area contributed by atoms with Gasteiger partial charge in [0.05, 0.1) is 0 Å². The number of fused-ring (bicyclic) bond motifs is 1. The first-order valence-electron chi connectivity index (χ1n) is 8.94. The summed E-state index contributed by atoms with van der Waals surface area (Å²) in [6, 6.07) is 11.9. The maximum Gasteiger partial charge on any atom is 0.274 e. The van der Waals surface area contributed by atoms with Gasteiger partial charge in [0.25, 0.3) is 5.91 Å². The second-order valence-electron chi connectivity index (χ2n) is 6.59. The molecule has 7 heteroatoms. The van der Waals surface area contributed by atoms with E-state index in [0.29, 0.717) is 31.9 Å². The standard InChI is InChI=1S/C19H21N5O2/c25-14-22-10-12-23(13-11-22)19(26)16-7-8-18(21-20-16)24-9-3-5-15-4-1-2-6-17(15)24/h1-2,4,6-8,14H,3,5,9-13H2. The molecule has 2 aliphatic heterocycles. The highest BCUT2D eigenvalue weighted by atomic mass is 16.2. The minimum absolute atomic E-state index is 0.131. The first-order chi connectivity index (χ1) is 12.8. The van der Waals surface area contributed by atoms with Crippen molar-refractivity contribution in [3.8, 4) is 0 Å². The van der Waals surface area contributed by atoms with Crippen LogP contribution in [0.2, 0.25) is 0 Å². The lowest BCUT2D eigenvalue weighted by Gasteiger charge is -2.32. The average Bonchev–Trinajstić information content (AvgIpc) is 2.73. The molecular weight excluding hydrogens is 330 g/mol. The van der Waals surface area contributed by atoms with Crippen LogP contribution < -0.4 is 4.90 Å². The SMILES string of the molecule is O=CN1CCN(C(=O)c2ccc(N3CCCc4ccccc43)nn2)CC1. The zero-order valence-electron chi connectivity index (χ0n) is 14.5. The summed E-state index contributed by atoms with van der Waals surface area (Å²) in [4.78, 5) is 28.9. The Bertz CT molecular complexity index is 800. The van der Waals surface area contributed by atoms with Gasteiger partial charge in [0.1, 0.15) is 0 Å². The number of amides is 2. The lowest BCUT2D eigenvalue weighted by molar-refractivity contribution is -0.119. The van der Waals surface area contributed by atoms with Gasteiger partial charge < -0.3 is 14.7 Å². The van der Waals surface area contributed by atoms with Crippen LogP contribution in [0, 0.1) is 0 Å². The van der Waals surface area contributed by atoms with Crippen LogP contribution >= 0.6 is 0 Å². The summed E-state index contributed by atoms with van der Waals surface area (Å²) >= 11 is 0. The van der Waals surface area contributed by atoms with E-state index in [1.807, 2.05) is 12.1 Å². The maximum absolute atomic E-state index is 12.6. The fraction of sp³-hybridized carbons (Fsp3) is 0.368. The summed E-state index contributed by atoms with van der Waals surface area (Å²) in [5.74, 6) is 0.633. The molecule has 1 aromatic carbocycles. The number of aromatic nitrogens is 2.